The van der Waals surface area contributed by atoms with Crippen LogP contribution in [0, 0.1) is 5.92 Å². The number of fused-ring (bicyclic) bond motifs is 1. The molecule has 166 valence electrons. The van der Waals surface area contributed by atoms with Gasteiger partial charge in [0.05, 0.1) is 12.1 Å². The minimum atomic E-state index is -4.41. The zero-order chi connectivity index (χ0) is 22.2. The van der Waals surface area contributed by atoms with Crippen molar-refractivity contribution in [3.05, 3.63) is 59.8 Å². The lowest BCUT2D eigenvalue weighted by molar-refractivity contribution is -0.137. The molecular formula is C24H27F3N2OS. The summed E-state index contributed by atoms with van der Waals surface area (Å²) in [6.45, 7) is 5.45. The minimum Gasteiger partial charge on any atom is -0.598 e. The molecule has 1 aromatic heterocycles. The highest BCUT2D eigenvalue weighted by Gasteiger charge is 2.33. The smallest absolute Gasteiger partial charge is 0.417 e. The average molecular weight is 449 g/mol. The van der Waals surface area contributed by atoms with E-state index in [0.29, 0.717) is 18.0 Å². The fraction of sp³-hybridized carbons (Fsp3) is 0.417. The topological polar surface area (TPSA) is 40.0 Å². The van der Waals surface area contributed by atoms with Crippen LogP contribution in [-0.2, 0) is 30.6 Å². The van der Waals surface area contributed by atoms with Gasteiger partial charge in [-0.25, -0.2) is 0 Å². The second-order valence-corrected chi connectivity index (χ2v) is 10.2. The number of halogens is 3. The fourth-order valence-electron chi connectivity index (χ4n) is 4.05. The molecule has 1 fully saturated rings. The molecule has 1 unspecified atom stereocenters. The van der Waals surface area contributed by atoms with E-state index in [4.69, 9.17) is 0 Å². The van der Waals surface area contributed by atoms with E-state index in [1.165, 1.54) is 12.1 Å². The largest absolute Gasteiger partial charge is 0.598 e. The predicted molar refractivity (Wildman–Crippen MR) is 120 cm³/mol. The Morgan fingerprint density at radius 1 is 1.16 bits per heavy atom. The van der Waals surface area contributed by atoms with Crippen LogP contribution in [0.1, 0.15) is 44.2 Å². The van der Waals surface area contributed by atoms with Crippen LogP contribution in [0.3, 0.4) is 0 Å². The highest BCUT2D eigenvalue weighted by atomic mass is 32.2. The first-order chi connectivity index (χ1) is 14.7. The number of hydrogen-bond donors (Lipinski definition) is 1. The van der Waals surface area contributed by atoms with Crippen LogP contribution in [0.15, 0.2) is 48.7 Å². The van der Waals surface area contributed by atoms with Gasteiger partial charge in [0.1, 0.15) is 5.25 Å². The van der Waals surface area contributed by atoms with E-state index in [0.717, 1.165) is 48.3 Å². The second-order valence-electron chi connectivity index (χ2n) is 8.65. The monoisotopic (exact) mass is 448 g/mol. The Labute approximate surface area is 184 Å². The highest BCUT2D eigenvalue weighted by molar-refractivity contribution is 7.90. The molecule has 2 aromatic carbocycles. The zero-order valence-corrected chi connectivity index (χ0v) is 18.5. The lowest BCUT2D eigenvalue weighted by Crippen LogP contribution is -2.38. The molecule has 0 amide bonds. The van der Waals surface area contributed by atoms with Crippen molar-refractivity contribution in [2.45, 2.75) is 57.6 Å². The van der Waals surface area contributed by atoms with Gasteiger partial charge in [0.15, 0.2) is 0 Å². The summed E-state index contributed by atoms with van der Waals surface area (Å²) in [6.07, 6.45) is 0.753. The molecule has 1 aliphatic carbocycles. The third-order valence-electron chi connectivity index (χ3n) is 5.83. The number of benzene rings is 2. The van der Waals surface area contributed by atoms with Crippen LogP contribution in [0.4, 0.5) is 13.2 Å². The van der Waals surface area contributed by atoms with E-state index in [1.54, 1.807) is 12.1 Å². The zero-order valence-electron chi connectivity index (χ0n) is 17.7. The molecule has 1 saturated carbocycles. The maximum Gasteiger partial charge on any atom is 0.417 e. The summed E-state index contributed by atoms with van der Waals surface area (Å²) in [7, 11) is 0. The van der Waals surface area contributed by atoms with Gasteiger partial charge < -0.3 is 9.12 Å². The third-order valence-corrected chi connectivity index (χ3v) is 7.34. The Bertz CT molecular complexity index is 1060. The summed E-state index contributed by atoms with van der Waals surface area (Å²) in [4.78, 5) is 0. The van der Waals surface area contributed by atoms with Crippen molar-refractivity contribution in [3.8, 4) is 11.1 Å². The molecule has 1 N–H and O–H groups in total. The highest BCUT2D eigenvalue weighted by Crippen LogP contribution is 2.38. The van der Waals surface area contributed by atoms with E-state index in [1.807, 2.05) is 18.3 Å². The van der Waals surface area contributed by atoms with Crippen molar-refractivity contribution >= 4 is 22.3 Å². The van der Waals surface area contributed by atoms with Gasteiger partial charge in [0.2, 0.25) is 0 Å². The molecule has 3 aromatic rings. The first-order valence-electron chi connectivity index (χ1n) is 10.7. The molecule has 0 aliphatic heterocycles. The summed E-state index contributed by atoms with van der Waals surface area (Å²) < 4.78 is 58.2. The summed E-state index contributed by atoms with van der Waals surface area (Å²) in [6, 6.07) is 11.2. The van der Waals surface area contributed by atoms with Crippen LogP contribution in [0.5, 0.6) is 0 Å². The molecule has 1 aliphatic rings. The Morgan fingerprint density at radius 3 is 2.55 bits per heavy atom. The maximum atomic E-state index is 13.5. The standard InChI is InChI=1S/C24H27F3N2OS/c1-16(2)14-29-15-18(13-28-31(30)19-6-5-7-19)21-11-10-17(12-23(21)29)20-8-3-4-9-22(20)24(25,26)27/h3-4,8-12,15-16,19,28H,5-7,13-14H2,1-2H3. The van der Waals surface area contributed by atoms with Gasteiger partial charge in [-0.2, -0.15) is 13.2 Å². The maximum absolute atomic E-state index is 13.5. The number of rotatable bonds is 7. The van der Waals surface area contributed by atoms with Crippen LogP contribution in [0.2, 0.25) is 0 Å². The number of hydrogen-bond acceptors (Lipinski definition) is 2. The molecule has 1 heterocycles. The van der Waals surface area contributed by atoms with E-state index in [9.17, 15) is 17.7 Å². The molecule has 0 spiro atoms. The molecule has 7 heteroatoms. The van der Waals surface area contributed by atoms with E-state index >= 15 is 0 Å². The normalized spacial score (nSPS) is 16.1. The fourth-order valence-corrected chi connectivity index (χ4v) is 5.35. The first-order valence-corrected chi connectivity index (χ1v) is 11.9. The summed E-state index contributed by atoms with van der Waals surface area (Å²) in [5.41, 5.74) is 2.00. The number of aromatic nitrogens is 1. The predicted octanol–water partition coefficient (Wildman–Crippen LogP) is 6.29. The van der Waals surface area contributed by atoms with Crippen molar-refractivity contribution in [1.82, 2.24) is 9.29 Å². The molecule has 4 rings (SSSR count). The van der Waals surface area contributed by atoms with Crippen LogP contribution in [-0.4, -0.2) is 14.4 Å². The lowest BCUT2D eigenvalue weighted by Gasteiger charge is -2.27. The van der Waals surface area contributed by atoms with Crippen molar-refractivity contribution in [3.63, 3.8) is 0 Å². The Hall–Kier alpha value is -1.96. The summed E-state index contributed by atoms with van der Waals surface area (Å²) >= 11 is -1.05. The van der Waals surface area contributed by atoms with Crippen molar-refractivity contribution in [1.29, 1.82) is 0 Å². The Kier molecular flexibility index (Phi) is 6.37. The van der Waals surface area contributed by atoms with Crippen LogP contribution < -0.4 is 4.72 Å². The molecule has 1 atom stereocenters. The molecule has 31 heavy (non-hydrogen) atoms. The van der Waals surface area contributed by atoms with Crippen molar-refractivity contribution in [2.24, 2.45) is 5.92 Å². The number of nitrogens with one attached hydrogen (secondary N) is 1. The summed E-state index contributed by atoms with van der Waals surface area (Å²) in [5, 5.41) is 1.21. The number of nitrogens with zero attached hydrogens (tertiary/aromatic N) is 1. The van der Waals surface area contributed by atoms with Gasteiger partial charge in [-0.3, -0.25) is 0 Å². The van der Waals surface area contributed by atoms with Gasteiger partial charge in [-0.15, -0.1) is 4.72 Å². The SMILES string of the molecule is CC(C)Cn1cc(CN[S+]([O-])C2CCC2)c2ccc(-c3ccccc3C(F)(F)F)cc21. The lowest BCUT2D eigenvalue weighted by atomic mass is 9.98. The molecular weight excluding hydrogens is 421 g/mol. The second kappa shape index (κ2) is 8.88. The van der Waals surface area contributed by atoms with Crippen LogP contribution >= 0.6 is 0 Å². The average Bonchev–Trinajstić information content (AvgIpc) is 3.00. The number of alkyl halides is 3. The van der Waals surface area contributed by atoms with Gasteiger partial charge in [-0.1, -0.05) is 44.2 Å². The minimum absolute atomic E-state index is 0.181. The van der Waals surface area contributed by atoms with Gasteiger partial charge in [0.25, 0.3) is 0 Å². The quantitative estimate of drug-likeness (QED) is 0.432. The van der Waals surface area contributed by atoms with E-state index in [2.05, 4.69) is 23.1 Å². The van der Waals surface area contributed by atoms with Gasteiger partial charge >= 0.3 is 6.18 Å². The van der Waals surface area contributed by atoms with Gasteiger partial charge in [-0.05, 0) is 54.0 Å². The Balaban J connectivity index is 1.71. The van der Waals surface area contributed by atoms with Crippen molar-refractivity contribution in [2.75, 3.05) is 0 Å². The van der Waals surface area contributed by atoms with Crippen molar-refractivity contribution < 1.29 is 17.7 Å². The van der Waals surface area contributed by atoms with Gasteiger partial charge in [0, 0.05) is 35.0 Å². The molecule has 3 nitrogen and oxygen atoms in total. The summed E-state index contributed by atoms with van der Waals surface area (Å²) in [5.74, 6) is 0.381. The van der Waals surface area contributed by atoms with E-state index < -0.39 is 23.1 Å². The van der Waals surface area contributed by atoms with E-state index in [-0.39, 0.29) is 10.8 Å². The van der Waals surface area contributed by atoms with Crippen LogP contribution in [0.25, 0.3) is 22.0 Å². The molecule has 0 bridgehead atoms. The molecule has 0 saturated heterocycles. The Morgan fingerprint density at radius 2 is 1.90 bits per heavy atom. The molecule has 0 radical (unpaired) electrons. The third kappa shape index (κ3) is 4.78. The first kappa shape index (κ1) is 22.2.